The Morgan fingerprint density at radius 3 is 2.24 bits per heavy atom. The minimum Gasteiger partial charge on any atom is -0.479 e. The maximum Gasteiger partial charge on any atom is 0.337 e. The van der Waals surface area contributed by atoms with Crippen LogP contribution in [-0.2, 0) is 32.7 Å². The van der Waals surface area contributed by atoms with Crippen LogP contribution in [0.3, 0.4) is 0 Å². The molecule has 2 aliphatic rings. The van der Waals surface area contributed by atoms with E-state index in [0.29, 0.717) is 18.5 Å². The number of nitrogens with one attached hydrogen (secondary N) is 1. The Morgan fingerprint density at radius 1 is 1.03 bits per heavy atom. The number of carboxylic acid groups (broad SMARTS) is 1. The minimum atomic E-state index is -3.64. The number of aliphatic carboxylic acids is 1. The second-order valence-electron chi connectivity index (χ2n) is 11.9. The van der Waals surface area contributed by atoms with Gasteiger partial charge in [-0.05, 0) is 94.2 Å². The van der Waals surface area contributed by atoms with Crippen molar-refractivity contribution >= 4 is 16.2 Å². The molecule has 38 heavy (non-hydrogen) atoms. The van der Waals surface area contributed by atoms with E-state index in [2.05, 4.69) is 4.72 Å². The lowest BCUT2D eigenvalue weighted by molar-refractivity contribution is -0.160. The fraction of sp³-hybridized carbons (Fsp3) is 0.567. The molecule has 8 heteroatoms. The highest BCUT2D eigenvalue weighted by atomic mass is 32.2. The van der Waals surface area contributed by atoms with Crippen molar-refractivity contribution in [1.29, 1.82) is 0 Å². The van der Waals surface area contributed by atoms with Crippen LogP contribution in [0.4, 0.5) is 0 Å². The number of carbonyl (C=O) groups is 1. The van der Waals surface area contributed by atoms with Crippen LogP contribution in [0.5, 0.6) is 0 Å². The molecule has 7 nitrogen and oxygen atoms in total. The van der Waals surface area contributed by atoms with Crippen molar-refractivity contribution in [2.75, 3.05) is 6.54 Å². The summed E-state index contributed by atoms with van der Waals surface area (Å²) in [5.74, 6) is -1.03. The molecule has 208 valence electrons. The Labute approximate surface area is 227 Å². The Balaban J connectivity index is 1.83. The summed E-state index contributed by atoms with van der Waals surface area (Å²) in [6, 6.07) is 8.03. The molecule has 0 aromatic heterocycles. The number of rotatable bonds is 7. The quantitative estimate of drug-likeness (QED) is 0.465. The first-order chi connectivity index (χ1) is 17.8. The number of aryl methyl sites for hydroxylation is 1. The zero-order valence-corrected chi connectivity index (χ0v) is 24.4. The third-order valence-corrected chi connectivity index (χ3v) is 9.45. The molecule has 0 saturated heterocycles. The monoisotopic (exact) mass is 542 g/mol. The van der Waals surface area contributed by atoms with E-state index >= 15 is 0 Å². The average Bonchev–Trinajstić information content (AvgIpc) is 2.85. The summed E-state index contributed by atoms with van der Waals surface area (Å²) < 4.78 is 37.4. The van der Waals surface area contributed by atoms with Gasteiger partial charge in [-0.3, -0.25) is 0 Å². The molecule has 2 aromatic rings. The Morgan fingerprint density at radius 2 is 1.66 bits per heavy atom. The van der Waals surface area contributed by atoms with Gasteiger partial charge in [0.25, 0.3) is 10.2 Å². The normalized spacial score (nSPS) is 18.3. The van der Waals surface area contributed by atoms with Crippen molar-refractivity contribution in [2.45, 2.75) is 104 Å². The van der Waals surface area contributed by atoms with E-state index in [1.807, 2.05) is 65.8 Å². The third-order valence-electron chi connectivity index (χ3n) is 7.82. The summed E-state index contributed by atoms with van der Waals surface area (Å²) in [6.45, 7) is 12.2. The van der Waals surface area contributed by atoms with E-state index in [0.717, 1.165) is 71.0 Å². The van der Waals surface area contributed by atoms with Gasteiger partial charge in [0.2, 0.25) is 0 Å². The van der Waals surface area contributed by atoms with Crippen molar-refractivity contribution in [1.82, 2.24) is 9.03 Å². The topological polar surface area (TPSA) is 95.9 Å². The molecule has 0 bridgehead atoms. The fourth-order valence-corrected chi connectivity index (χ4v) is 7.35. The smallest absolute Gasteiger partial charge is 0.337 e. The van der Waals surface area contributed by atoms with Crippen LogP contribution in [0.2, 0.25) is 0 Å². The van der Waals surface area contributed by atoms with Crippen LogP contribution < -0.4 is 4.72 Å². The van der Waals surface area contributed by atoms with Crippen LogP contribution in [-0.4, -0.2) is 42.0 Å². The van der Waals surface area contributed by atoms with Crippen molar-refractivity contribution in [3.63, 3.8) is 0 Å². The Kier molecular flexibility index (Phi) is 8.38. The van der Waals surface area contributed by atoms with Crippen molar-refractivity contribution < 1.29 is 23.1 Å². The Hall–Kier alpha value is -2.26. The van der Waals surface area contributed by atoms with Gasteiger partial charge in [-0.25, -0.2) is 4.79 Å². The highest BCUT2D eigenvalue weighted by Gasteiger charge is 2.36. The number of ether oxygens (including phenoxy) is 1. The zero-order valence-electron chi connectivity index (χ0n) is 23.6. The van der Waals surface area contributed by atoms with Gasteiger partial charge in [0.15, 0.2) is 6.10 Å². The number of fused-ring (bicyclic) bond motifs is 1. The third kappa shape index (κ3) is 6.14. The van der Waals surface area contributed by atoms with E-state index in [1.165, 1.54) is 0 Å². The van der Waals surface area contributed by atoms with E-state index < -0.39 is 27.9 Å². The molecule has 1 aliphatic carbocycles. The summed E-state index contributed by atoms with van der Waals surface area (Å²) in [7, 11) is -3.64. The molecule has 1 saturated carbocycles. The van der Waals surface area contributed by atoms with Crippen LogP contribution in [0.15, 0.2) is 24.3 Å². The summed E-state index contributed by atoms with van der Waals surface area (Å²) in [6.07, 6.45) is 4.41. The van der Waals surface area contributed by atoms with Gasteiger partial charge in [0.05, 0.1) is 5.60 Å². The maximum atomic E-state index is 13.4. The minimum absolute atomic E-state index is 0.00523. The molecular formula is C30H42N2O5S. The van der Waals surface area contributed by atoms with Gasteiger partial charge < -0.3 is 9.84 Å². The molecule has 1 fully saturated rings. The molecule has 0 amide bonds. The average molecular weight is 543 g/mol. The number of hydrogen-bond donors (Lipinski definition) is 2. The first-order valence-electron chi connectivity index (χ1n) is 13.7. The van der Waals surface area contributed by atoms with Crippen LogP contribution in [0.25, 0.3) is 11.1 Å². The number of hydrogen-bond acceptors (Lipinski definition) is 4. The highest BCUT2D eigenvalue weighted by molar-refractivity contribution is 7.87. The molecule has 2 aromatic carbocycles. The molecule has 0 spiro atoms. The number of nitrogens with zero attached hydrogens (tertiary/aromatic N) is 1. The van der Waals surface area contributed by atoms with Gasteiger partial charge >= 0.3 is 5.97 Å². The molecule has 2 N–H and O–H groups in total. The van der Waals surface area contributed by atoms with Gasteiger partial charge in [0, 0.05) is 24.7 Å². The number of carboxylic acids is 1. The molecule has 1 unspecified atom stereocenters. The van der Waals surface area contributed by atoms with Crippen molar-refractivity contribution in [2.24, 2.45) is 0 Å². The van der Waals surface area contributed by atoms with E-state index in [1.54, 1.807) is 4.31 Å². The lowest BCUT2D eigenvalue weighted by Crippen LogP contribution is -2.47. The predicted octanol–water partition coefficient (Wildman–Crippen LogP) is 5.74. The fourth-order valence-electron chi connectivity index (χ4n) is 5.92. The summed E-state index contributed by atoms with van der Waals surface area (Å²) in [5.41, 5.74) is 6.58. The maximum absolute atomic E-state index is 13.4. The molecular weight excluding hydrogens is 500 g/mol. The SMILES string of the molecule is Cc1ccc(-c2c(C)c3c(c(C)c2C(OC(C)(C)C)C(=O)O)CCN(S(=O)(=O)NC2CCCCC2)C3)cc1. The van der Waals surface area contributed by atoms with Crippen molar-refractivity contribution in [3.8, 4) is 11.1 Å². The molecule has 1 heterocycles. The summed E-state index contributed by atoms with van der Waals surface area (Å²) >= 11 is 0. The van der Waals surface area contributed by atoms with Crippen LogP contribution >= 0.6 is 0 Å². The largest absolute Gasteiger partial charge is 0.479 e. The number of benzene rings is 2. The van der Waals surface area contributed by atoms with E-state index in [9.17, 15) is 18.3 Å². The second-order valence-corrected chi connectivity index (χ2v) is 13.6. The second kappa shape index (κ2) is 11.1. The molecule has 4 rings (SSSR count). The van der Waals surface area contributed by atoms with E-state index in [-0.39, 0.29) is 12.6 Å². The lowest BCUT2D eigenvalue weighted by Gasteiger charge is -2.35. The van der Waals surface area contributed by atoms with Crippen LogP contribution in [0.1, 0.15) is 92.4 Å². The molecule has 0 radical (unpaired) electrons. The van der Waals surface area contributed by atoms with Crippen molar-refractivity contribution in [3.05, 3.63) is 57.6 Å². The predicted molar refractivity (Wildman–Crippen MR) is 150 cm³/mol. The molecule has 1 atom stereocenters. The highest BCUT2D eigenvalue weighted by Crippen LogP contribution is 2.43. The van der Waals surface area contributed by atoms with E-state index in [4.69, 9.17) is 4.74 Å². The summed E-state index contributed by atoms with van der Waals surface area (Å²) in [5, 5.41) is 10.3. The first kappa shape index (κ1) is 28.7. The Bertz CT molecular complexity index is 1290. The van der Waals surface area contributed by atoms with Gasteiger partial charge in [-0.15, -0.1) is 0 Å². The molecule has 1 aliphatic heterocycles. The van der Waals surface area contributed by atoms with Gasteiger partial charge in [-0.1, -0.05) is 49.1 Å². The zero-order chi connectivity index (χ0) is 27.8. The lowest BCUT2D eigenvalue weighted by atomic mass is 9.80. The van der Waals surface area contributed by atoms with Gasteiger partial charge in [-0.2, -0.15) is 17.4 Å². The summed E-state index contributed by atoms with van der Waals surface area (Å²) in [4.78, 5) is 12.6. The van der Waals surface area contributed by atoms with Gasteiger partial charge in [0.1, 0.15) is 0 Å². The first-order valence-corrected chi connectivity index (χ1v) is 15.1. The van der Waals surface area contributed by atoms with Crippen LogP contribution in [0, 0.1) is 20.8 Å². The standard InChI is InChI=1S/C30H42N2O5S/c1-19-12-14-22(15-13-19)26-21(3)25-18-32(38(35,36)31-23-10-8-7-9-11-23)17-16-24(25)20(2)27(26)28(29(33)34)37-30(4,5)6/h12-15,23,28,31H,7-11,16-18H2,1-6H3,(H,33,34).